The first-order chi connectivity index (χ1) is 9.89. The van der Waals surface area contributed by atoms with Gasteiger partial charge in [0.05, 0.1) is 12.2 Å². The molecule has 0 atom stereocenters. The van der Waals surface area contributed by atoms with Crippen LogP contribution in [0, 0.1) is 0 Å². The standard InChI is InChI=1S/C15H16F2O4/c1-3-20-14(19)15(16,17)11(2)9-10-21-13(18)12-7-5-4-6-8-12/h4-9H,3,10H2,1-2H3/b11-9-. The molecule has 0 bridgehead atoms. The average molecular weight is 298 g/mol. The number of alkyl halides is 2. The monoisotopic (exact) mass is 298 g/mol. The van der Waals surface area contributed by atoms with Crippen molar-refractivity contribution in [1.29, 1.82) is 0 Å². The van der Waals surface area contributed by atoms with Gasteiger partial charge in [-0.3, -0.25) is 0 Å². The molecule has 0 aliphatic carbocycles. The van der Waals surface area contributed by atoms with Crippen molar-refractivity contribution < 1.29 is 27.8 Å². The Hall–Kier alpha value is -2.24. The molecule has 0 N–H and O–H groups in total. The number of halogens is 2. The van der Waals surface area contributed by atoms with Crippen molar-refractivity contribution in [3.63, 3.8) is 0 Å². The summed E-state index contributed by atoms with van der Waals surface area (Å²) in [5.74, 6) is -5.97. The number of hydrogen-bond donors (Lipinski definition) is 0. The first kappa shape index (κ1) is 16.8. The first-order valence-electron chi connectivity index (χ1n) is 6.34. The average Bonchev–Trinajstić information content (AvgIpc) is 2.48. The van der Waals surface area contributed by atoms with Gasteiger partial charge in [0.15, 0.2) is 0 Å². The lowest BCUT2D eigenvalue weighted by Crippen LogP contribution is -2.32. The molecule has 0 radical (unpaired) electrons. The Labute approximate surface area is 121 Å². The Morgan fingerprint density at radius 2 is 1.81 bits per heavy atom. The van der Waals surface area contributed by atoms with Gasteiger partial charge in [-0.05, 0) is 32.1 Å². The molecule has 0 aliphatic heterocycles. The summed E-state index contributed by atoms with van der Waals surface area (Å²) in [4.78, 5) is 22.7. The Morgan fingerprint density at radius 1 is 1.19 bits per heavy atom. The van der Waals surface area contributed by atoms with Crippen LogP contribution in [0.2, 0.25) is 0 Å². The van der Waals surface area contributed by atoms with Crippen LogP contribution in [-0.2, 0) is 14.3 Å². The lowest BCUT2D eigenvalue weighted by Gasteiger charge is -2.15. The molecule has 0 spiro atoms. The van der Waals surface area contributed by atoms with Crippen LogP contribution in [0.4, 0.5) is 8.78 Å². The van der Waals surface area contributed by atoms with Gasteiger partial charge in [-0.15, -0.1) is 0 Å². The lowest BCUT2D eigenvalue weighted by atomic mass is 10.1. The number of ether oxygens (including phenoxy) is 2. The quantitative estimate of drug-likeness (QED) is 0.598. The second-order valence-corrected chi connectivity index (χ2v) is 4.15. The van der Waals surface area contributed by atoms with Gasteiger partial charge < -0.3 is 9.47 Å². The van der Waals surface area contributed by atoms with E-state index in [9.17, 15) is 18.4 Å². The highest BCUT2D eigenvalue weighted by molar-refractivity contribution is 5.89. The SMILES string of the molecule is CCOC(=O)C(F)(F)/C(C)=C\COC(=O)c1ccccc1. The van der Waals surface area contributed by atoms with E-state index in [1.807, 2.05) is 0 Å². The fraction of sp³-hybridized carbons (Fsp3) is 0.333. The molecule has 0 heterocycles. The van der Waals surface area contributed by atoms with Gasteiger partial charge in [0.25, 0.3) is 0 Å². The van der Waals surface area contributed by atoms with Gasteiger partial charge in [-0.2, -0.15) is 8.78 Å². The summed E-state index contributed by atoms with van der Waals surface area (Å²) in [6, 6.07) is 8.15. The van der Waals surface area contributed by atoms with Crippen LogP contribution in [0.15, 0.2) is 42.0 Å². The molecular weight excluding hydrogens is 282 g/mol. The molecule has 0 unspecified atom stereocenters. The van der Waals surface area contributed by atoms with E-state index in [0.717, 1.165) is 13.0 Å². The molecule has 1 rings (SSSR count). The molecule has 21 heavy (non-hydrogen) atoms. The highest BCUT2D eigenvalue weighted by Gasteiger charge is 2.42. The van der Waals surface area contributed by atoms with E-state index in [0.29, 0.717) is 5.56 Å². The third-order valence-electron chi connectivity index (χ3n) is 2.64. The molecule has 0 amide bonds. The maximum Gasteiger partial charge on any atom is 0.381 e. The van der Waals surface area contributed by atoms with E-state index in [-0.39, 0.29) is 13.2 Å². The van der Waals surface area contributed by atoms with Crippen molar-refractivity contribution in [2.45, 2.75) is 19.8 Å². The van der Waals surface area contributed by atoms with Crippen LogP contribution in [0.1, 0.15) is 24.2 Å². The van der Waals surface area contributed by atoms with Crippen molar-refractivity contribution in [3.05, 3.63) is 47.5 Å². The number of hydrogen-bond acceptors (Lipinski definition) is 4. The highest BCUT2D eigenvalue weighted by atomic mass is 19.3. The van der Waals surface area contributed by atoms with E-state index in [2.05, 4.69) is 4.74 Å². The number of carbonyl (C=O) groups is 2. The molecule has 0 aromatic heterocycles. The van der Waals surface area contributed by atoms with Gasteiger partial charge in [-0.25, -0.2) is 9.59 Å². The molecule has 0 fully saturated rings. The third-order valence-corrected chi connectivity index (χ3v) is 2.64. The minimum Gasteiger partial charge on any atom is -0.461 e. The molecule has 1 aromatic rings. The van der Waals surface area contributed by atoms with Crippen LogP contribution < -0.4 is 0 Å². The summed E-state index contributed by atoms with van der Waals surface area (Å²) in [6.07, 6.45) is 0.984. The van der Waals surface area contributed by atoms with Gasteiger partial charge in [0.1, 0.15) is 6.61 Å². The second-order valence-electron chi connectivity index (χ2n) is 4.15. The lowest BCUT2D eigenvalue weighted by molar-refractivity contribution is -0.166. The summed E-state index contributed by atoms with van der Waals surface area (Å²) in [5, 5.41) is 0. The van der Waals surface area contributed by atoms with Gasteiger partial charge >= 0.3 is 17.9 Å². The van der Waals surface area contributed by atoms with Crippen LogP contribution in [0.3, 0.4) is 0 Å². The molecular formula is C15H16F2O4. The van der Waals surface area contributed by atoms with Gasteiger partial charge in [0.2, 0.25) is 0 Å². The smallest absolute Gasteiger partial charge is 0.381 e. The van der Waals surface area contributed by atoms with E-state index in [1.54, 1.807) is 30.3 Å². The predicted octanol–water partition coefficient (Wildman–Crippen LogP) is 2.99. The van der Waals surface area contributed by atoms with E-state index in [1.165, 1.54) is 6.92 Å². The number of benzene rings is 1. The van der Waals surface area contributed by atoms with E-state index < -0.39 is 23.4 Å². The molecule has 0 aliphatic rings. The number of rotatable bonds is 6. The van der Waals surface area contributed by atoms with Crippen molar-refractivity contribution >= 4 is 11.9 Å². The maximum absolute atomic E-state index is 13.6. The van der Waals surface area contributed by atoms with Crippen LogP contribution in [0.5, 0.6) is 0 Å². The number of carbonyl (C=O) groups excluding carboxylic acids is 2. The zero-order valence-corrected chi connectivity index (χ0v) is 11.8. The molecule has 0 saturated carbocycles. The van der Waals surface area contributed by atoms with Crippen molar-refractivity contribution in [3.8, 4) is 0 Å². The van der Waals surface area contributed by atoms with Crippen molar-refractivity contribution in [2.75, 3.05) is 13.2 Å². The van der Waals surface area contributed by atoms with Crippen molar-refractivity contribution in [1.82, 2.24) is 0 Å². The minimum absolute atomic E-state index is 0.134. The van der Waals surface area contributed by atoms with E-state index >= 15 is 0 Å². The molecule has 4 nitrogen and oxygen atoms in total. The Balaban J connectivity index is 2.60. The molecule has 114 valence electrons. The van der Waals surface area contributed by atoms with Gasteiger partial charge in [0, 0.05) is 5.57 Å². The topological polar surface area (TPSA) is 52.6 Å². The third kappa shape index (κ3) is 4.66. The minimum atomic E-state index is -3.73. The fourth-order valence-electron chi connectivity index (χ4n) is 1.41. The summed E-state index contributed by atoms with van der Waals surface area (Å²) in [5.41, 5.74) is -0.206. The summed E-state index contributed by atoms with van der Waals surface area (Å²) in [6.45, 7) is 2.03. The van der Waals surface area contributed by atoms with Crippen LogP contribution >= 0.6 is 0 Å². The highest BCUT2D eigenvalue weighted by Crippen LogP contribution is 2.25. The molecule has 6 heteroatoms. The van der Waals surface area contributed by atoms with Crippen LogP contribution in [0.25, 0.3) is 0 Å². The van der Waals surface area contributed by atoms with Crippen molar-refractivity contribution in [2.24, 2.45) is 0 Å². The molecule has 1 aromatic carbocycles. The largest absolute Gasteiger partial charge is 0.461 e. The van der Waals surface area contributed by atoms with Crippen LogP contribution in [-0.4, -0.2) is 31.1 Å². The Bertz CT molecular complexity index is 524. The summed E-state index contributed by atoms with van der Waals surface area (Å²) in [7, 11) is 0. The zero-order chi connectivity index (χ0) is 15.9. The zero-order valence-electron chi connectivity index (χ0n) is 11.8. The Kier molecular flexibility index (Phi) is 6.02. The van der Waals surface area contributed by atoms with Gasteiger partial charge in [-0.1, -0.05) is 18.2 Å². The normalized spacial score (nSPS) is 11.9. The predicted molar refractivity (Wildman–Crippen MR) is 72.1 cm³/mol. The van der Waals surface area contributed by atoms with E-state index in [4.69, 9.17) is 4.74 Å². The second kappa shape index (κ2) is 7.52. The Morgan fingerprint density at radius 3 is 2.38 bits per heavy atom. The number of esters is 2. The maximum atomic E-state index is 13.6. The molecule has 0 saturated heterocycles. The summed E-state index contributed by atoms with van der Waals surface area (Å²) < 4.78 is 36.2. The first-order valence-corrected chi connectivity index (χ1v) is 6.34. The summed E-state index contributed by atoms with van der Waals surface area (Å²) >= 11 is 0. The fourth-order valence-corrected chi connectivity index (χ4v) is 1.41.